The maximum Gasteiger partial charge on any atom is 0.337 e. The number of likely N-dealkylation sites (N-methyl/N-ethyl adjacent to an activating group) is 1. The molecule has 1 aromatic heterocycles. The molecule has 0 spiro atoms. The molecule has 94 valence electrons. The molecule has 0 saturated carbocycles. The lowest BCUT2D eigenvalue weighted by atomic mass is 10.0. The van der Waals surface area contributed by atoms with Crippen LogP contribution in [0.3, 0.4) is 0 Å². The van der Waals surface area contributed by atoms with Crippen LogP contribution in [0.1, 0.15) is 24.2 Å². The van der Waals surface area contributed by atoms with Gasteiger partial charge in [0.25, 0.3) is 0 Å². The average Bonchev–Trinajstić information content (AvgIpc) is 2.28. The van der Waals surface area contributed by atoms with Crippen LogP contribution in [0.5, 0.6) is 0 Å². The summed E-state index contributed by atoms with van der Waals surface area (Å²) in [5.41, 5.74) is 5.12. The van der Waals surface area contributed by atoms with Crippen molar-refractivity contribution in [3.8, 4) is 0 Å². The van der Waals surface area contributed by atoms with Gasteiger partial charge in [0.05, 0.1) is 29.6 Å². The molecule has 0 aromatic carbocycles. The largest absolute Gasteiger partial charge is 0.478 e. The number of nitrogens with zero attached hydrogens (tertiary/aromatic N) is 2. The first kappa shape index (κ1) is 13.2. The van der Waals surface area contributed by atoms with Crippen LogP contribution in [0.25, 0.3) is 0 Å². The highest BCUT2D eigenvalue weighted by Gasteiger charge is 2.24. The highest BCUT2D eigenvalue weighted by Crippen LogP contribution is 2.23. The van der Waals surface area contributed by atoms with E-state index in [0.29, 0.717) is 5.82 Å². The Morgan fingerprint density at radius 2 is 2.18 bits per heavy atom. The zero-order valence-electron chi connectivity index (χ0n) is 10.1. The Bertz CT molecular complexity index is 432. The minimum atomic E-state index is -1.10. The highest BCUT2D eigenvalue weighted by molar-refractivity contribution is 5.94. The number of pyridine rings is 1. The van der Waals surface area contributed by atoms with E-state index in [1.807, 2.05) is 13.8 Å². The second-order valence-electron chi connectivity index (χ2n) is 4.46. The summed E-state index contributed by atoms with van der Waals surface area (Å²) >= 11 is 0. The molecule has 0 saturated heterocycles. The number of aromatic nitrogens is 1. The minimum Gasteiger partial charge on any atom is -0.478 e. The fraction of sp³-hybridized carbons (Fsp3) is 0.455. The number of aromatic carboxylic acids is 1. The Balaban J connectivity index is 3.16. The Labute approximate surface area is 99.7 Å². The van der Waals surface area contributed by atoms with Gasteiger partial charge < -0.3 is 20.8 Å². The molecule has 6 heteroatoms. The van der Waals surface area contributed by atoms with Crippen molar-refractivity contribution in [3.05, 3.63) is 17.8 Å². The number of carboxylic acids is 1. The van der Waals surface area contributed by atoms with Crippen LogP contribution in [0, 0.1) is 0 Å². The van der Waals surface area contributed by atoms with E-state index in [9.17, 15) is 9.90 Å². The summed E-state index contributed by atoms with van der Waals surface area (Å²) in [4.78, 5) is 16.7. The number of aliphatic hydroxyl groups is 1. The van der Waals surface area contributed by atoms with E-state index in [0.717, 1.165) is 0 Å². The van der Waals surface area contributed by atoms with Crippen LogP contribution in [0.2, 0.25) is 0 Å². The van der Waals surface area contributed by atoms with E-state index >= 15 is 0 Å². The van der Waals surface area contributed by atoms with Crippen molar-refractivity contribution in [1.29, 1.82) is 0 Å². The van der Waals surface area contributed by atoms with Crippen LogP contribution in [0.15, 0.2) is 12.3 Å². The molecule has 0 aliphatic carbocycles. The van der Waals surface area contributed by atoms with Gasteiger partial charge in [0, 0.05) is 7.05 Å². The van der Waals surface area contributed by atoms with Crippen molar-refractivity contribution < 1.29 is 15.0 Å². The molecule has 1 rings (SSSR count). The van der Waals surface area contributed by atoms with E-state index < -0.39 is 11.5 Å². The number of anilines is 2. The quantitative estimate of drug-likeness (QED) is 0.710. The minimum absolute atomic E-state index is 0.00981. The average molecular weight is 239 g/mol. The summed E-state index contributed by atoms with van der Waals surface area (Å²) < 4.78 is 0. The number of rotatable bonds is 4. The number of hydrogen-bond donors (Lipinski definition) is 3. The summed E-state index contributed by atoms with van der Waals surface area (Å²) in [6.07, 6.45) is 1.31. The molecule has 0 bridgehead atoms. The second-order valence-corrected chi connectivity index (χ2v) is 4.46. The monoisotopic (exact) mass is 239 g/mol. The van der Waals surface area contributed by atoms with Crippen molar-refractivity contribution in [2.75, 3.05) is 24.3 Å². The fourth-order valence-corrected chi connectivity index (χ4v) is 1.24. The van der Waals surface area contributed by atoms with Crippen LogP contribution in [0.4, 0.5) is 11.5 Å². The normalized spacial score (nSPS) is 11.3. The third-order valence-corrected chi connectivity index (χ3v) is 2.79. The van der Waals surface area contributed by atoms with E-state index in [2.05, 4.69) is 4.98 Å². The smallest absolute Gasteiger partial charge is 0.337 e. The van der Waals surface area contributed by atoms with Crippen LogP contribution in [-0.4, -0.2) is 40.4 Å². The van der Waals surface area contributed by atoms with Crippen molar-refractivity contribution >= 4 is 17.5 Å². The van der Waals surface area contributed by atoms with Crippen molar-refractivity contribution in [1.82, 2.24) is 4.98 Å². The lowest BCUT2D eigenvalue weighted by molar-refractivity contribution is 0.0698. The van der Waals surface area contributed by atoms with Crippen molar-refractivity contribution in [3.63, 3.8) is 0 Å². The molecular formula is C11H17N3O3. The maximum absolute atomic E-state index is 10.9. The highest BCUT2D eigenvalue weighted by atomic mass is 16.4. The van der Waals surface area contributed by atoms with Gasteiger partial charge in [-0.25, -0.2) is 9.78 Å². The van der Waals surface area contributed by atoms with Gasteiger partial charge in [0.2, 0.25) is 0 Å². The molecule has 1 heterocycles. The first-order valence-corrected chi connectivity index (χ1v) is 5.13. The summed E-state index contributed by atoms with van der Waals surface area (Å²) in [5, 5.41) is 18.2. The number of nitrogens with two attached hydrogens (primary N) is 1. The summed E-state index contributed by atoms with van der Waals surface area (Å²) in [6, 6.07) is 1.40. The molecule has 0 unspecified atom stereocenters. The Hall–Kier alpha value is -1.82. The molecule has 0 aliphatic rings. The number of hydrogen-bond acceptors (Lipinski definition) is 5. The second kappa shape index (κ2) is 4.58. The topological polar surface area (TPSA) is 99.7 Å². The Kier molecular flexibility index (Phi) is 3.57. The maximum atomic E-state index is 10.9. The predicted molar refractivity (Wildman–Crippen MR) is 65.2 cm³/mol. The van der Waals surface area contributed by atoms with Crippen molar-refractivity contribution in [2.45, 2.75) is 19.4 Å². The SMILES string of the molecule is CN(c1cc(C(=O)O)c(N)cn1)C(C)(C)CO. The van der Waals surface area contributed by atoms with Gasteiger partial charge in [0.1, 0.15) is 5.82 Å². The van der Waals surface area contributed by atoms with Gasteiger partial charge in [-0.15, -0.1) is 0 Å². The van der Waals surface area contributed by atoms with E-state index in [1.54, 1.807) is 11.9 Å². The van der Waals surface area contributed by atoms with Gasteiger partial charge in [-0.2, -0.15) is 0 Å². The van der Waals surface area contributed by atoms with E-state index in [4.69, 9.17) is 10.8 Å². The number of carboxylic acid groups (broad SMARTS) is 1. The van der Waals surface area contributed by atoms with E-state index in [1.165, 1.54) is 12.3 Å². The number of carbonyl (C=O) groups is 1. The summed E-state index contributed by atoms with van der Waals surface area (Å²) in [5.74, 6) is -0.642. The number of nitrogen functional groups attached to an aromatic ring is 1. The zero-order valence-corrected chi connectivity index (χ0v) is 10.1. The van der Waals surface area contributed by atoms with Gasteiger partial charge in [-0.1, -0.05) is 0 Å². The molecule has 17 heavy (non-hydrogen) atoms. The molecule has 0 atom stereocenters. The molecule has 6 nitrogen and oxygen atoms in total. The molecule has 0 fully saturated rings. The van der Waals surface area contributed by atoms with Gasteiger partial charge in [-0.3, -0.25) is 0 Å². The fourth-order valence-electron chi connectivity index (χ4n) is 1.24. The lowest BCUT2D eigenvalue weighted by Gasteiger charge is -2.35. The third kappa shape index (κ3) is 2.65. The number of aliphatic hydroxyl groups excluding tert-OH is 1. The Morgan fingerprint density at radius 3 is 2.65 bits per heavy atom. The van der Waals surface area contributed by atoms with Crippen LogP contribution in [-0.2, 0) is 0 Å². The van der Waals surface area contributed by atoms with Crippen molar-refractivity contribution in [2.24, 2.45) is 0 Å². The molecule has 0 amide bonds. The first-order valence-electron chi connectivity index (χ1n) is 5.13. The van der Waals surface area contributed by atoms with Crippen LogP contribution < -0.4 is 10.6 Å². The zero-order chi connectivity index (χ0) is 13.2. The molecule has 0 aliphatic heterocycles. The third-order valence-electron chi connectivity index (χ3n) is 2.79. The Morgan fingerprint density at radius 1 is 1.59 bits per heavy atom. The lowest BCUT2D eigenvalue weighted by Crippen LogP contribution is -2.44. The summed E-state index contributed by atoms with van der Waals surface area (Å²) in [6.45, 7) is 3.58. The molecule has 0 radical (unpaired) electrons. The standard InChI is InChI=1S/C11H17N3O3/c1-11(2,6-15)14(3)9-4-7(10(16)17)8(12)5-13-9/h4-5,15H,6,12H2,1-3H3,(H,16,17). The first-order chi connectivity index (χ1) is 7.79. The van der Waals surface area contributed by atoms with Gasteiger partial charge >= 0.3 is 5.97 Å². The molecule has 4 N–H and O–H groups in total. The van der Waals surface area contributed by atoms with E-state index in [-0.39, 0.29) is 17.9 Å². The van der Waals surface area contributed by atoms with Gasteiger partial charge in [-0.05, 0) is 19.9 Å². The van der Waals surface area contributed by atoms with Gasteiger partial charge in [0.15, 0.2) is 0 Å². The van der Waals surface area contributed by atoms with Crippen LogP contribution >= 0.6 is 0 Å². The summed E-state index contributed by atoms with van der Waals surface area (Å²) in [7, 11) is 1.74. The predicted octanol–water partition coefficient (Wildman–Crippen LogP) is 0.569. The molecular weight excluding hydrogens is 222 g/mol. The molecule has 1 aromatic rings.